The third-order valence-corrected chi connectivity index (χ3v) is 2.77. The van der Waals surface area contributed by atoms with Crippen molar-refractivity contribution in [2.24, 2.45) is 0 Å². The number of nitrogens with zero attached hydrogens (tertiary/aromatic N) is 1. The molecule has 4 nitrogen and oxygen atoms in total. The molecule has 92 valence electrons. The second kappa shape index (κ2) is 5.14. The number of carbonyl (C=O) groups is 1. The normalized spacial score (nSPS) is 15.9. The lowest BCUT2D eigenvalue weighted by Crippen LogP contribution is -2.48. The summed E-state index contributed by atoms with van der Waals surface area (Å²) in [7, 11) is 1.82. The Bertz CT molecular complexity index is 422. The molecule has 0 spiro atoms. The van der Waals surface area contributed by atoms with Gasteiger partial charge in [0.1, 0.15) is 5.82 Å². The van der Waals surface area contributed by atoms with E-state index in [1.807, 2.05) is 13.1 Å². The molecular formula is C12H16FN3O. The third-order valence-electron chi connectivity index (χ3n) is 2.77. The quantitative estimate of drug-likeness (QED) is 0.803. The van der Waals surface area contributed by atoms with Crippen LogP contribution < -0.4 is 15.5 Å². The van der Waals surface area contributed by atoms with Crippen molar-refractivity contribution in [1.29, 1.82) is 0 Å². The number of piperazine rings is 1. The first-order valence-corrected chi connectivity index (χ1v) is 5.65. The number of amides is 1. The molecule has 2 rings (SSSR count). The molecule has 0 radical (unpaired) electrons. The number of benzene rings is 1. The van der Waals surface area contributed by atoms with E-state index in [-0.39, 0.29) is 18.3 Å². The van der Waals surface area contributed by atoms with E-state index in [1.54, 1.807) is 11.0 Å². The van der Waals surface area contributed by atoms with Crippen molar-refractivity contribution < 1.29 is 9.18 Å². The molecule has 1 aliphatic rings. The standard InChI is InChI=1S/C12H16FN3O/c1-14-7-9-2-3-11(10(13)6-9)16-5-4-15-12(17)8-16/h2-3,6,14H,4-5,7-8H2,1H3,(H,15,17). The molecule has 2 N–H and O–H groups in total. The van der Waals surface area contributed by atoms with Crippen LogP contribution in [-0.4, -0.2) is 32.6 Å². The van der Waals surface area contributed by atoms with Crippen molar-refractivity contribution in [3.05, 3.63) is 29.6 Å². The van der Waals surface area contributed by atoms with Gasteiger partial charge in [0.25, 0.3) is 0 Å². The van der Waals surface area contributed by atoms with E-state index in [9.17, 15) is 9.18 Å². The molecule has 0 aliphatic carbocycles. The first-order chi connectivity index (χ1) is 8.20. The summed E-state index contributed by atoms with van der Waals surface area (Å²) in [6, 6.07) is 5.13. The molecule has 1 aromatic carbocycles. The Morgan fingerprint density at radius 3 is 3.00 bits per heavy atom. The summed E-state index contributed by atoms with van der Waals surface area (Å²) in [6.45, 7) is 2.07. The third kappa shape index (κ3) is 2.74. The van der Waals surface area contributed by atoms with Crippen LogP contribution in [0.2, 0.25) is 0 Å². The largest absolute Gasteiger partial charge is 0.358 e. The molecule has 1 heterocycles. The lowest BCUT2D eigenvalue weighted by molar-refractivity contribution is -0.120. The van der Waals surface area contributed by atoms with E-state index >= 15 is 0 Å². The van der Waals surface area contributed by atoms with Crippen molar-refractivity contribution in [3.8, 4) is 0 Å². The van der Waals surface area contributed by atoms with Crippen LogP contribution in [0.3, 0.4) is 0 Å². The highest BCUT2D eigenvalue weighted by Crippen LogP contribution is 2.21. The summed E-state index contributed by atoms with van der Waals surface area (Å²) in [5, 5.41) is 5.69. The summed E-state index contributed by atoms with van der Waals surface area (Å²) in [6.07, 6.45) is 0. The maximum atomic E-state index is 13.9. The van der Waals surface area contributed by atoms with Crippen LogP contribution in [0, 0.1) is 5.82 Å². The number of nitrogens with one attached hydrogen (secondary N) is 2. The molecule has 17 heavy (non-hydrogen) atoms. The number of halogens is 1. The average Bonchev–Trinajstić information content (AvgIpc) is 2.29. The maximum absolute atomic E-state index is 13.9. The van der Waals surface area contributed by atoms with Gasteiger partial charge < -0.3 is 15.5 Å². The first kappa shape index (κ1) is 11.9. The van der Waals surface area contributed by atoms with Gasteiger partial charge in [0.2, 0.25) is 5.91 Å². The predicted octanol–water partition coefficient (Wildman–Crippen LogP) is 0.481. The van der Waals surface area contributed by atoms with Crippen LogP contribution in [0.5, 0.6) is 0 Å². The Labute approximate surface area is 99.8 Å². The fourth-order valence-corrected chi connectivity index (χ4v) is 1.97. The predicted molar refractivity (Wildman–Crippen MR) is 64.4 cm³/mol. The van der Waals surface area contributed by atoms with Gasteiger partial charge in [-0.2, -0.15) is 0 Å². The molecule has 1 aliphatic heterocycles. The van der Waals surface area contributed by atoms with E-state index < -0.39 is 0 Å². The number of rotatable bonds is 3. The summed E-state index contributed by atoms with van der Waals surface area (Å²) < 4.78 is 13.9. The maximum Gasteiger partial charge on any atom is 0.239 e. The van der Waals surface area contributed by atoms with E-state index in [0.717, 1.165) is 5.56 Å². The topological polar surface area (TPSA) is 44.4 Å². The summed E-state index contributed by atoms with van der Waals surface area (Å²) in [4.78, 5) is 13.0. The fourth-order valence-electron chi connectivity index (χ4n) is 1.97. The van der Waals surface area contributed by atoms with Gasteiger partial charge in [-0.05, 0) is 24.7 Å². The highest BCUT2D eigenvalue weighted by atomic mass is 19.1. The summed E-state index contributed by atoms with van der Waals surface area (Å²) in [5.41, 5.74) is 1.40. The Kier molecular flexibility index (Phi) is 3.58. The molecule has 5 heteroatoms. The number of anilines is 1. The lowest BCUT2D eigenvalue weighted by atomic mass is 10.1. The van der Waals surface area contributed by atoms with Gasteiger partial charge in [-0.1, -0.05) is 6.07 Å². The second-order valence-corrected chi connectivity index (χ2v) is 4.09. The van der Waals surface area contributed by atoms with Gasteiger partial charge in [0.05, 0.1) is 12.2 Å². The van der Waals surface area contributed by atoms with Crippen LogP contribution in [0.4, 0.5) is 10.1 Å². The Morgan fingerprint density at radius 1 is 1.53 bits per heavy atom. The smallest absolute Gasteiger partial charge is 0.239 e. The zero-order valence-corrected chi connectivity index (χ0v) is 9.79. The Morgan fingerprint density at radius 2 is 2.35 bits per heavy atom. The van der Waals surface area contributed by atoms with E-state index in [4.69, 9.17) is 0 Å². The summed E-state index contributed by atoms with van der Waals surface area (Å²) >= 11 is 0. The average molecular weight is 237 g/mol. The van der Waals surface area contributed by atoms with Crippen molar-refractivity contribution in [2.45, 2.75) is 6.54 Å². The zero-order chi connectivity index (χ0) is 12.3. The summed E-state index contributed by atoms with van der Waals surface area (Å²) in [5.74, 6) is -0.331. The molecule has 0 atom stereocenters. The number of hydrogen-bond acceptors (Lipinski definition) is 3. The molecule has 0 bridgehead atoms. The lowest BCUT2D eigenvalue weighted by Gasteiger charge is -2.29. The highest BCUT2D eigenvalue weighted by Gasteiger charge is 2.19. The van der Waals surface area contributed by atoms with E-state index in [0.29, 0.717) is 25.3 Å². The Hall–Kier alpha value is -1.62. The number of hydrogen-bond donors (Lipinski definition) is 2. The second-order valence-electron chi connectivity index (χ2n) is 4.09. The van der Waals surface area contributed by atoms with Crippen LogP contribution in [0.15, 0.2) is 18.2 Å². The van der Waals surface area contributed by atoms with E-state index in [1.165, 1.54) is 6.07 Å². The van der Waals surface area contributed by atoms with E-state index in [2.05, 4.69) is 10.6 Å². The van der Waals surface area contributed by atoms with Gasteiger partial charge in [-0.3, -0.25) is 4.79 Å². The Balaban J connectivity index is 2.17. The van der Waals surface area contributed by atoms with Crippen LogP contribution >= 0.6 is 0 Å². The number of carbonyl (C=O) groups excluding carboxylic acids is 1. The van der Waals surface area contributed by atoms with Gasteiger partial charge in [-0.25, -0.2) is 4.39 Å². The fraction of sp³-hybridized carbons (Fsp3) is 0.417. The van der Waals surface area contributed by atoms with Crippen molar-refractivity contribution >= 4 is 11.6 Å². The molecule has 1 aromatic rings. The zero-order valence-electron chi connectivity index (χ0n) is 9.79. The van der Waals surface area contributed by atoms with Gasteiger partial charge in [-0.15, -0.1) is 0 Å². The molecule has 0 aromatic heterocycles. The molecule has 1 amide bonds. The van der Waals surface area contributed by atoms with Gasteiger partial charge in [0, 0.05) is 19.6 Å². The van der Waals surface area contributed by atoms with Crippen molar-refractivity contribution in [1.82, 2.24) is 10.6 Å². The van der Waals surface area contributed by atoms with Crippen LogP contribution in [0.1, 0.15) is 5.56 Å². The first-order valence-electron chi connectivity index (χ1n) is 5.65. The highest BCUT2D eigenvalue weighted by molar-refractivity contribution is 5.82. The molecule has 1 fully saturated rings. The SMILES string of the molecule is CNCc1ccc(N2CCNC(=O)C2)c(F)c1. The molecule has 0 unspecified atom stereocenters. The van der Waals surface area contributed by atoms with Crippen molar-refractivity contribution in [2.75, 3.05) is 31.6 Å². The molecular weight excluding hydrogens is 221 g/mol. The van der Waals surface area contributed by atoms with Crippen LogP contribution in [0.25, 0.3) is 0 Å². The molecule has 0 saturated carbocycles. The van der Waals surface area contributed by atoms with Gasteiger partial charge in [0.15, 0.2) is 0 Å². The van der Waals surface area contributed by atoms with Crippen molar-refractivity contribution in [3.63, 3.8) is 0 Å². The minimum absolute atomic E-state index is 0.0602. The monoisotopic (exact) mass is 237 g/mol. The minimum atomic E-state index is -0.271. The van der Waals surface area contributed by atoms with Crippen LogP contribution in [-0.2, 0) is 11.3 Å². The van der Waals surface area contributed by atoms with Gasteiger partial charge >= 0.3 is 0 Å². The minimum Gasteiger partial charge on any atom is -0.358 e. The molecule has 1 saturated heterocycles.